The van der Waals surface area contributed by atoms with Crippen LogP contribution >= 0.6 is 0 Å². The van der Waals surface area contributed by atoms with Crippen molar-refractivity contribution in [2.75, 3.05) is 0 Å². The molecule has 0 fully saturated rings. The van der Waals surface area contributed by atoms with Gasteiger partial charge in [-0.3, -0.25) is 4.79 Å². The molecule has 4 N–H and O–H groups in total. The maximum Gasteiger partial charge on any atom is 0.326 e. The average Bonchev–Trinajstić information content (AvgIpc) is 2.40. The first kappa shape index (κ1) is 18.2. The molecule has 0 radical (unpaired) electrons. The van der Waals surface area contributed by atoms with Crippen LogP contribution in [0.3, 0.4) is 0 Å². The van der Waals surface area contributed by atoms with E-state index in [0.29, 0.717) is 0 Å². The molecular weight excluding hydrogens is 264 g/mol. The number of carboxylic acids is 2. The summed E-state index contributed by atoms with van der Waals surface area (Å²) in [7, 11) is 0. The highest BCUT2D eigenvalue weighted by molar-refractivity contribution is 5.83. The van der Waals surface area contributed by atoms with Gasteiger partial charge in [-0.1, -0.05) is 20.8 Å². The topological polar surface area (TPSA) is 116 Å². The van der Waals surface area contributed by atoms with Crippen LogP contribution in [0.5, 0.6) is 0 Å². The van der Waals surface area contributed by atoms with Gasteiger partial charge in [-0.2, -0.15) is 0 Å². The fourth-order valence-corrected chi connectivity index (χ4v) is 1.98. The maximum absolute atomic E-state index is 11.9. The largest absolute Gasteiger partial charge is 0.481 e. The molecule has 0 spiro atoms. The molecule has 0 aliphatic heterocycles. The lowest BCUT2D eigenvalue weighted by molar-refractivity contribution is -0.140. The number of aliphatic carboxylic acids is 2. The number of carbonyl (C=O) groups excluding carboxylic acids is 1. The van der Waals surface area contributed by atoms with E-state index in [4.69, 9.17) is 10.2 Å². The zero-order valence-corrected chi connectivity index (χ0v) is 12.2. The summed E-state index contributed by atoms with van der Waals surface area (Å²) >= 11 is 0. The third-order valence-electron chi connectivity index (χ3n) is 3.66. The molecule has 2 amide bonds. The smallest absolute Gasteiger partial charge is 0.326 e. The van der Waals surface area contributed by atoms with Crippen LogP contribution in [-0.2, 0) is 9.59 Å². The monoisotopic (exact) mass is 288 g/mol. The van der Waals surface area contributed by atoms with Crippen LogP contribution in [0.15, 0.2) is 0 Å². The molecule has 0 aromatic carbocycles. The molecule has 0 aliphatic carbocycles. The molecule has 1 atom stereocenters. The standard InChI is InChI=1S/C13H24N2O5/c1-4-13(5-2,6-3)15-12(20)14-9(11(18)19)7-8-10(16)17/h9H,4-8H2,1-3H3,(H,16,17)(H,18,19)(H2,14,15,20)/t9-/m0/s1. The van der Waals surface area contributed by atoms with Crippen molar-refractivity contribution >= 4 is 18.0 Å². The summed E-state index contributed by atoms with van der Waals surface area (Å²) in [5.74, 6) is -2.33. The van der Waals surface area contributed by atoms with E-state index < -0.39 is 24.0 Å². The molecule has 0 saturated heterocycles. The molecule has 0 heterocycles. The molecule has 7 nitrogen and oxygen atoms in total. The van der Waals surface area contributed by atoms with Crippen LogP contribution in [0.25, 0.3) is 0 Å². The molecule has 0 bridgehead atoms. The Bertz CT molecular complexity index is 344. The first-order valence-corrected chi connectivity index (χ1v) is 6.83. The zero-order valence-electron chi connectivity index (χ0n) is 12.2. The second-order valence-corrected chi connectivity index (χ2v) is 4.76. The van der Waals surface area contributed by atoms with Crippen LogP contribution in [0.1, 0.15) is 52.9 Å². The number of rotatable bonds is 9. The SMILES string of the molecule is CCC(CC)(CC)NC(=O)N[C@@H](CCC(=O)O)C(=O)O. The summed E-state index contributed by atoms with van der Waals surface area (Å²) in [6, 6.07) is -1.78. The predicted molar refractivity (Wildman–Crippen MR) is 73.6 cm³/mol. The van der Waals surface area contributed by atoms with Crippen LogP contribution in [0.4, 0.5) is 4.79 Å². The van der Waals surface area contributed by atoms with Gasteiger partial charge in [-0.05, 0) is 25.7 Å². The normalized spacial score (nSPS) is 12.6. The van der Waals surface area contributed by atoms with Crippen molar-refractivity contribution < 1.29 is 24.6 Å². The minimum absolute atomic E-state index is 0.143. The molecule has 7 heteroatoms. The van der Waals surface area contributed by atoms with Gasteiger partial charge < -0.3 is 20.8 Å². The van der Waals surface area contributed by atoms with Crippen molar-refractivity contribution in [2.45, 2.75) is 64.5 Å². The van der Waals surface area contributed by atoms with E-state index >= 15 is 0 Å². The third-order valence-corrected chi connectivity index (χ3v) is 3.66. The molecule has 0 aromatic rings. The van der Waals surface area contributed by atoms with Crippen molar-refractivity contribution in [1.29, 1.82) is 0 Å². The van der Waals surface area contributed by atoms with E-state index in [-0.39, 0.29) is 18.4 Å². The van der Waals surface area contributed by atoms with E-state index in [2.05, 4.69) is 10.6 Å². The summed E-state index contributed by atoms with van der Waals surface area (Å²) in [6.07, 6.45) is 1.76. The van der Waals surface area contributed by atoms with E-state index in [1.54, 1.807) is 0 Å². The molecule has 0 saturated carbocycles. The Morgan fingerprint density at radius 3 is 1.90 bits per heavy atom. The van der Waals surface area contributed by atoms with Gasteiger partial charge in [0, 0.05) is 12.0 Å². The number of nitrogens with one attached hydrogen (secondary N) is 2. The Morgan fingerprint density at radius 2 is 1.55 bits per heavy atom. The lowest BCUT2D eigenvalue weighted by Gasteiger charge is -2.32. The van der Waals surface area contributed by atoms with Crippen molar-refractivity contribution in [2.24, 2.45) is 0 Å². The first-order valence-electron chi connectivity index (χ1n) is 6.83. The number of amides is 2. The Kier molecular flexibility index (Phi) is 7.64. The summed E-state index contributed by atoms with van der Waals surface area (Å²) < 4.78 is 0. The van der Waals surface area contributed by atoms with Crippen molar-refractivity contribution in [3.63, 3.8) is 0 Å². The Labute approximate surface area is 118 Å². The fraction of sp³-hybridized carbons (Fsp3) is 0.769. The summed E-state index contributed by atoms with van der Waals surface area (Å²) in [5.41, 5.74) is -0.361. The van der Waals surface area contributed by atoms with Gasteiger partial charge in [0.25, 0.3) is 0 Å². The van der Waals surface area contributed by atoms with Crippen molar-refractivity contribution in [1.82, 2.24) is 10.6 Å². The summed E-state index contributed by atoms with van der Waals surface area (Å²) in [4.78, 5) is 33.3. The lowest BCUT2D eigenvalue weighted by Crippen LogP contribution is -2.54. The third kappa shape index (κ3) is 5.90. The minimum Gasteiger partial charge on any atom is -0.481 e. The van der Waals surface area contributed by atoms with Crippen LogP contribution in [0, 0.1) is 0 Å². The number of carbonyl (C=O) groups is 3. The average molecular weight is 288 g/mol. The first-order chi connectivity index (χ1) is 9.30. The van der Waals surface area contributed by atoms with Gasteiger partial charge in [-0.15, -0.1) is 0 Å². The molecule has 0 aliphatic rings. The maximum atomic E-state index is 11.9. The molecule has 0 aromatic heterocycles. The van der Waals surface area contributed by atoms with Crippen LogP contribution < -0.4 is 10.6 Å². The Morgan fingerprint density at radius 1 is 1.05 bits per heavy atom. The quantitative estimate of drug-likeness (QED) is 0.514. The van der Waals surface area contributed by atoms with Gasteiger partial charge in [-0.25, -0.2) is 9.59 Å². The molecule has 20 heavy (non-hydrogen) atoms. The molecular formula is C13H24N2O5. The van der Waals surface area contributed by atoms with E-state index in [9.17, 15) is 14.4 Å². The summed E-state index contributed by atoms with van der Waals surface area (Å²) in [6.45, 7) is 5.85. The second-order valence-electron chi connectivity index (χ2n) is 4.76. The number of hydrogen-bond acceptors (Lipinski definition) is 3. The van der Waals surface area contributed by atoms with Gasteiger partial charge in [0.05, 0.1) is 0 Å². The van der Waals surface area contributed by atoms with Gasteiger partial charge in [0.2, 0.25) is 0 Å². The van der Waals surface area contributed by atoms with Gasteiger partial charge in [0.15, 0.2) is 0 Å². The zero-order chi connectivity index (χ0) is 15.8. The van der Waals surface area contributed by atoms with Crippen molar-refractivity contribution in [3.8, 4) is 0 Å². The summed E-state index contributed by atoms with van der Waals surface area (Å²) in [5, 5.41) is 22.6. The lowest BCUT2D eigenvalue weighted by atomic mass is 9.90. The predicted octanol–water partition coefficient (Wildman–Crippen LogP) is 1.57. The van der Waals surface area contributed by atoms with Crippen LogP contribution in [0.2, 0.25) is 0 Å². The van der Waals surface area contributed by atoms with E-state index in [1.165, 1.54) is 0 Å². The minimum atomic E-state index is -1.24. The Balaban J connectivity index is 4.60. The highest BCUT2D eigenvalue weighted by Crippen LogP contribution is 2.18. The van der Waals surface area contributed by atoms with Crippen molar-refractivity contribution in [3.05, 3.63) is 0 Å². The highest BCUT2D eigenvalue weighted by Gasteiger charge is 2.28. The van der Waals surface area contributed by atoms with E-state index in [0.717, 1.165) is 19.3 Å². The highest BCUT2D eigenvalue weighted by atomic mass is 16.4. The van der Waals surface area contributed by atoms with E-state index in [1.807, 2.05) is 20.8 Å². The molecule has 116 valence electrons. The number of carboxylic acid groups (broad SMARTS) is 2. The van der Waals surface area contributed by atoms with Gasteiger partial charge in [0.1, 0.15) is 6.04 Å². The number of urea groups is 1. The fourth-order valence-electron chi connectivity index (χ4n) is 1.98. The van der Waals surface area contributed by atoms with Gasteiger partial charge >= 0.3 is 18.0 Å². The number of hydrogen-bond donors (Lipinski definition) is 4. The Hall–Kier alpha value is -1.79. The second kappa shape index (κ2) is 8.39. The van der Waals surface area contributed by atoms with Crippen LogP contribution in [-0.4, -0.2) is 39.8 Å². The molecule has 0 rings (SSSR count). The molecule has 0 unspecified atom stereocenters.